The molecular formula is C18H17N2OS+. The second-order valence-electron chi connectivity index (χ2n) is 5.84. The molecule has 0 saturated carbocycles. The summed E-state index contributed by atoms with van der Waals surface area (Å²) >= 11 is 1.72. The van der Waals surface area contributed by atoms with Crippen molar-refractivity contribution in [2.75, 3.05) is 18.6 Å². The standard InChI is InChI=1S/C18H16N2OS/c1-19(10-13-8-9-22-11-13)12-20-16-7-3-5-14-4-2-6-15(17(14)16)18(20)21/h2-9,11H,10,12H2,1H3/p+1. The highest BCUT2D eigenvalue weighted by Crippen LogP contribution is 2.36. The molecule has 3 nitrogen and oxygen atoms in total. The van der Waals surface area contributed by atoms with Crippen molar-refractivity contribution < 1.29 is 9.69 Å². The van der Waals surface area contributed by atoms with Crippen LogP contribution in [0.5, 0.6) is 0 Å². The molecule has 1 amide bonds. The van der Waals surface area contributed by atoms with Gasteiger partial charge in [0.2, 0.25) is 0 Å². The zero-order valence-electron chi connectivity index (χ0n) is 12.4. The Labute approximate surface area is 133 Å². The van der Waals surface area contributed by atoms with Gasteiger partial charge in [-0.3, -0.25) is 9.69 Å². The molecule has 4 rings (SSSR count). The summed E-state index contributed by atoms with van der Waals surface area (Å²) in [5.41, 5.74) is 3.20. The topological polar surface area (TPSA) is 24.8 Å². The summed E-state index contributed by atoms with van der Waals surface area (Å²) in [6.45, 7) is 1.61. The molecule has 0 bridgehead atoms. The molecule has 1 aromatic heterocycles. The summed E-state index contributed by atoms with van der Waals surface area (Å²) in [4.78, 5) is 15.9. The molecule has 0 radical (unpaired) electrons. The molecule has 1 unspecified atom stereocenters. The van der Waals surface area contributed by atoms with Crippen LogP contribution in [0.1, 0.15) is 15.9 Å². The van der Waals surface area contributed by atoms with Gasteiger partial charge < -0.3 is 4.90 Å². The van der Waals surface area contributed by atoms with Crippen molar-refractivity contribution in [1.29, 1.82) is 0 Å². The predicted octanol–water partition coefficient (Wildman–Crippen LogP) is 2.53. The second kappa shape index (κ2) is 5.23. The van der Waals surface area contributed by atoms with E-state index < -0.39 is 0 Å². The smallest absolute Gasteiger partial charge is 0.263 e. The van der Waals surface area contributed by atoms with Crippen molar-refractivity contribution in [3.05, 3.63) is 64.4 Å². The van der Waals surface area contributed by atoms with E-state index in [0.29, 0.717) is 6.67 Å². The van der Waals surface area contributed by atoms with E-state index >= 15 is 0 Å². The van der Waals surface area contributed by atoms with Crippen LogP contribution in [-0.4, -0.2) is 19.6 Å². The number of carbonyl (C=O) groups is 1. The van der Waals surface area contributed by atoms with E-state index in [9.17, 15) is 4.79 Å². The van der Waals surface area contributed by atoms with E-state index in [2.05, 4.69) is 42.1 Å². The van der Waals surface area contributed by atoms with E-state index in [4.69, 9.17) is 0 Å². The second-order valence-corrected chi connectivity index (χ2v) is 6.62. The molecule has 0 spiro atoms. The Kier molecular flexibility index (Phi) is 3.21. The van der Waals surface area contributed by atoms with Crippen LogP contribution in [0.15, 0.2) is 53.2 Å². The Morgan fingerprint density at radius 1 is 1.14 bits per heavy atom. The Morgan fingerprint density at radius 3 is 2.73 bits per heavy atom. The van der Waals surface area contributed by atoms with Crippen LogP contribution >= 0.6 is 11.3 Å². The van der Waals surface area contributed by atoms with Gasteiger partial charge in [0.15, 0.2) is 6.67 Å². The number of amides is 1. The van der Waals surface area contributed by atoms with Crippen LogP contribution in [-0.2, 0) is 6.54 Å². The van der Waals surface area contributed by atoms with Crippen molar-refractivity contribution >= 4 is 33.7 Å². The highest BCUT2D eigenvalue weighted by molar-refractivity contribution is 7.07. The third kappa shape index (κ3) is 2.12. The summed E-state index contributed by atoms with van der Waals surface area (Å²) in [6.07, 6.45) is 0. The first-order chi connectivity index (χ1) is 10.7. The fraction of sp³-hybridized carbons (Fsp3) is 0.167. The lowest BCUT2D eigenvalue weighted by Gasteiger charge is -2.22. The summed E-state index contributed by atoms with van der Waals surface area (Å²) in [6, 6.07) is 14.3. The average molecular weight is 309 g/mol. The highest BCUT2D eigenvalue weighted by Gasteiger charge is 2.31. The minimum Gasteiger partial charge on any atom is -0.316 e. The van der Waals surface area contributed by atoms with Crippen molar-refractivity contribution in [1.82, 2.24) is 0 Å². The van der Waals surface area contributed by atoms with Gasteiger partial charge in [-0.1, -0.05) is 24.3 Å². The number of hydrogen-bond acceptors (Lipinski definition) is 2. The van der Waals surface area contributed by atoms with Gasteiger partial charge >= 0.3 is 0 Å². The molecule has 1 aliphatic rings. The number of quaternary nitrogens is 1. The maximum Gasteiger partial charge on any atom is 0.263 e. The average Bonchev–Trinajstić information content (AvgIpc) is 3.12. The molecule has 2 heterocycles. The minimum absolute atomic E-state index is 0.122. The van der Waals surface area contributed by atoms with E-state index in [0.717, 1.165) is 28.6 Å². The van der Waals surface area contributed by atoms with E-state index in [1.165, 1.54) is 10.5 Å². The van der Waals surface area contributed by atoms with Gasteiger partial charge in [0.05, 0.1) is 18.3 Å². The molecule has 4 heteroatoms. The van der Waals surface area contributed by atoms with Gasteiger partial charge in [0.25, 0.3) is 5.91 Å². The van der Waals surface area contributed by atoms with Crippen molar-refractivity contribution in [2.45, 2.75) is 6.54 Å². The quantitative estimate of drug-likeness (QED) is 0.787. The van der Waals surface area contributed by atoms with Crippen LogP contribution in [0.2, 0.25) is 0 Å². The fourth-order valence-electron chi connectivity index (χ4n) is 3.20. The molecule has 110 valence electrons. The molecule has 22 heavy (non-hydrogen) atoms. The fourth-order valence-corrected chi connectivity index (χ4v) is 3.87. The summed E-state index contributed by atoms with van der Waals surface area (Å²) in [7, 11) is 2.13. The minimum atomic E-state index is 0.122. The maximum atomic E-state index is 12.7. The van der Waals surface area contributed by atoms with Gasteiger partial charge in [-0.05, 0) is 34.3 Å². The first-order valence-electron chi connectivity index (χ1n) is 7.40. The van der Waals surface area contributed by atoms with Crippen LogP contribution < -0.4 is 9.80 Å². The number of thiophene rings is 1. The molecular weight excluding hydrogens is 292 g/mol. The molecule has 2 aromatic carbocycles. The van der Waals surface area contributed by atoms with E-state index in [-0.39, 0.29) is 5.91 Å². The number of nitrogens with zero attached hydrogens (tertiary/aromatic N) is 1. The van der Waals surface area contributed by atoms with Crippen LogP contribution in [0, 0.1) is 0 Å². The van der Waals surface area contributed by atoms with Crippen molar-refractivity contribution in [3.63, 3.8) is 0 Å². The molecule has 3 aromatic rings. The molecule has 1 N–H and O–H groups in total. The summed E-state index contributed by atoms with van der Waals surface area (Å²) in [5.74, 6) is 0.122. The molecule has 0 fully saturated rings. The lowest BCUT2D eigenvalue weighted by Crippen LogP contribution is -3.09. The molecule has 1 aliphatic heterocycles. The Morgan fingerprint density at radius 2 is 1.95 bits per heavy atom. The van der Waals surface area contributed by atoms with Gasteiger partial charge in [0, 0.05) is 10.9 Å². The summed E-state index contributed by atoms with van der Waals surface area (Å²) < 4.78 is 0. The van der Waals surface area contributed by atoms with E-state index in [1.54, 1.807) is 11.3 Å². The zero-order chi connectivity index (χ0) is 15.1. The maximum absolute atomic E-state index is 12.7. The highest BCUT2D eigenvalue weighted by atomic mass is 32.1. The number of benzene rings is 2. The predicted molar refractivity (Wildman–Crippen MR) is 90.5 cm³/mol. The molecule has 1 atom stereocenters. The van der Waals surface area contributed by atoms with Crippen molar-refractivity contribution in [2.24, 2.45) is 0 Å². The summed E-state index contributed by atoms with van der Waals surface area (Å²) in [5, 5.41) is 6.50. The largest absolute Gasteiger partial charge is 0.316 e. The molecule has 0 aliphatic carbocycles. The monoisotopic (exact) mass is 309 g/mol. The number of nitrogens with one attached hydrogen (secondary N) is 1. The Balaban J connectivity index is 1.64. The number of anilines is 1. The normalized spacial score (nSPS) is 14.8. The number of rotatable bonds is 4. The van der Waals surface area contributed by atoms with E-state index in [1.807, 2.05) is 23.1 Å². The zero-order valence-corrected chi connectivity index (χ0v) is 13.2. The van der Waals surface area contributed by atoms with Gasteiger partial charge in [-0.15, -0.1) is 0 Å². The van der Waals surface area contributed by atoms with Crippen LogP contribution in [0.25, 0.3) is 10.8 Å². The van der Waals surface area contributed by atoms with Crippen LogP contribution in [0.3, 0.4) is 0 Å². The SMILES string of the molecule is C[NH+](Cc1ccsc1)CN1C(=O)c2cccc3cccc1c23. The van der Waals surface area contributed by atoms with Gasteiger partial charge in [0.1, 0.15) is 6.54 Å². The van der Waals surface area contributed by atoms with Gasteiger partial charge in [-0.25, -0.2) is 0 Å². The third-order valence-electron chi connectivity index (χ3n) is 4.16. The van der Waals surface area contributed by atoms with Gasteiger partial charge in [-0.2, -0.15) is 11.3 Å². The lowest BCUT2D eigenvalue weighted by atomic mass is 10.1. The third-order valence-corrected chi connectivity index (χ3v) is 4.90. The lowest BCUT2D eigenvalue weighted by molar-refractivity contribution is -0.892. The molecule has 0 saturated heterocycles. The Hall–Kier alpha value is -2.17. The van der Waals surface area contributed by atoms with Crippen molar-refractivity contribution in [3.8, 4) is 0 Å². The van der Waals surface area contributed by atoms with Crippen LogP contribution in [0.4, 0.5) is 5.69 Å². The first kappa shape index (κ1) is 13.5. The first-order valence-corrected chi connectivity index (χ1v) is 8.34. The number of hydrogen-bond donors (Lipinski definition) is 1. The Bertz CT molecular complexity index is 836. The number of carbonyl (C=O) groups excluding carboxylic acids is 1.